The Hall–Kier alpha value is -3.29. The molecule has 0 spiro atoms. The highest BCUT2D eigenvalue weighted by atomic mass is 16.4. The summed E-state index contributed by atoms with van der Waals surface area (Å²) in [6.07, 6.45) is 4.03. The largest absolute Gasteiger partial charge is 0.480 e. The van der Waals surface area contributed by atoms with Crippen molar-refractivity contribution in [2.24, 2.45) is 5.92 Å². The fourth-order valence-electron chi connectivity index (χ4n) is 2.00. The van der Waals surface area contributed by atoms with Gasteiger partial charge < -0.3 is 24.6 Å². The minimum atomic E-state index is -1.17. The number of nitrogens with one attached hydrogen (secondary N) is 2. The third kappa shape index (κ3) is 4.84. The van der Waals surface area contributed by atoms with Crippen molar-refractivity contribution in [1.29, 1.82) is 0 Å². The van der Waals surface area contributed by atoms with Crippen LogP contribution in [0.4, 0.5) is 0 Å². The summed E-state index contributed by atoms with van der Waals surface area (Å²) in [5, 5.41) is 14.0. The number of aliphatic carboxylic acids is 1. The van der Waals surface area contributed by atoms with Crippen molar-refractivity contribution in [3.63, 3.8) is 0 Å². The zero-order chi connectivity index (χ0) is 18.4. The second kappa shape index (κ2) is 8.00. The van der Waals surface area contributed by atoms with Gasteiger partial charge in [0.1, 0.15) is 17.5 Å². The maximum absolute atomic E-state index is 12.5. The van der Waals surface area contributed by atoms with Crippen LogP contribution in [0.15, 0.2) is 51.3 Å². The number of carbonyl (C=O) groups is 3. The third-order valence-electron chi connectivity index (χ3n) is 3.29. The minimum Gasteiger partial charge on any atom is -0.480 e. The summed E-state index contributed by atoms with van der Waals surface area (Å²) in [6.45, 7) is 3.33. The Balaban J connectivity index is 2.23. The van der Waals surface area contributed by atoms with Crippen molar-refractivity contribution in [1.82, 2.24) is 10.6 Å². The first kappa shape index (κ1) is 18.1. The standard InChI is InChI=1S/C17H18N2O6/c1-10(2)14(17(22)23)19-15(20)12(9-11-5-3-7-24-11)18-16(21)13-6-4-8-25-13/h3-10,14H,1-2H3,(H,18,21)(H,19,20)(H,22,23)/b12-9+. The lowest BCUT2D eigenvalue weighted by atomic mass is 10.0. The molecule has 132 valence electrons. The molecule has 1 unspecified atom stereocenters. The first-order valence-corrected chi connectivity index (χ1v) is 7.52. The molecule has 0 saturated heterocycles. The van der Waals surface area contributed by atoms with Gasteiger partial charge in [-0.2, -0.15) is 0 Å². The quantitative estimate of drug-likeness (QED) is 0.658. The highest BCUT2D eigenvalue weighted by Crippen LogP contribution is 2.10. The molecule has 0 saturated carbocycles. The number of carbonyl (C=O) groups excluding carboxylic acids is 2. The topological polar surface area (TPSA) is 122 Å². The van der Waals surface area contributed by atoms with Gasteiger partial charge in [0.05, 0.1) is 12.5 Å². The predicted octanol–water partition coefficient (Wildman–Crippen LogP) is 1.87. The molecule has 2 rings (SSSR count). The van der Waals surface area contributed by atoms with Crippen LogP contribution in [0.1, 0.15) is 30.2 Å². The molecule has 2 aromatic rings. The van der Waals surface area contributed by atoms with Crippen molar-refractivity contribution >= 4 is 23.9 Å². The number of carboxylic acids is 1. The molecule has 0 bridgehead atoms. The molecule has 0 radical (unpaired) electrons. The number of amides is 2. The first-order chi connectivity index (χ1) is 11.9. The van der Waals surface area contributed by atoms with E-state index in [1.165, 1.54) is 30.7 Å². The Kier molecular flexibility index (Phi) is 5.78. The van der Waals surface area contributed by atoms with Crippen LogP contribution in [0, 0.1) is 5.92 Å². The number of furan rings is 2. The van der Waals surface area contributed by atoms with Gasteiger partial charge in [0.2, 0.25) is 0 Å². The molecule has 0 aromatic carbocycles. The van der Waals surface area contributed by atoms with Gasteiger partial charge >= 0.3 is 5.97 Å². The molecule has 8 heteroatoms. The smallest absolute Gasteiger partial charge is 0.326 e. The predicted molar refractivity (Wildman–Crippen MR) is 87.3 cm³/mol. The lowest BCUT2D eigenvalue weighted by Crippen LogP contribution is -2.47. The fraction of sp³-hybridized carbons (Fsp3) is 0.235. The number of carboxylic acid groups (broad SMARTS) is 1. The van der Waals surface area contributed by atoms with Gasteiger partial charge in [-0.25, -0.2) is 4.79 Å². The summed E-state index contributed by atoms with van der Waals surface area (Å²) >= 11 is 0. The van der Waals surface area contributed by atoms with Crippen LogP contribution in [0.2, 0.25) is 0 Å². The number of hydrogen-bond acceptors (Lipinski definition) is 5. The average molecular weight is 346 g/mol. The van der Waals surface area contributed by atoms with Crippen LogP contribution in [0.5, 0.6) is 0 Å². The Bertz CT molecular complexity index is 759. The van der Waals surface area contributed by atoms with E-state index in [0.29, 0.717) is 5.76 Å². The van der Waals surface area contributed by atoms with Gasteiger partial charge in [0, 0.05) is 6.08 Å². The van der Waals surface area contributed by atoms with Crippen molar-refractivity contribution in [2.75, 3.05) is 0 Å². The van der Waals surface area contributed by atoms with Crippen molar-refractivity contribution in [3.05, 3.63) is 54.0 Å². The van der Waals surface area contributed by atoms with E-state index in [-0.39, 0.29) is 17.4 Å². The highest BCUT2D eigenvalue weighted by Gasteiger charge is 2.26. The average Bonchev–Trinajstić information content (AvgIpc) is 3.24. The second-order valence-electron chi connectivity index (χ2n) is 5.54. The Morgan fingerprint density at radius 3 is 2.32 bits per heavy atom. The van der Waals surface area contributed by atoms with E-state index in [2.05, 4.69) is 10.6 Å². The Morgan fingerprint density at radius 2 is 1.80 bits per heavy atom. The monoisotopic (exact) mass is 346 g/mol. The lowest BCUT2D eigenvalue weighted by molar-refractivity contribution is -0.142. The lowest BCUT2D eigenvalue weighted by Gasteiger charge is -2.19. The maximum Gasteiger partial charge on any atom is 0.326 e. The SMILES string of the molecule is CC(C)C(NC(=O)/C(=C\c1ccco1)NC(=O)c1ccco1)C(=O)O. The third-order valence-corrected chi connectivity index (χ3v) is 3.29. The molecule has 0 aliphatic rings. The van der Waals surface area contributed by atoms with Gasteiger partial charge in [0.25, 0.3) is 11.8 Å². The molecule has 25 heavy (non-hydrogen) atoms. The zero-order valence-corrected chi connectivity index (χ0v) is 13.7. The molecule has 3 N–H and O–H groups in total. The van der Waals surface area contributed by atoms with E-state index < -0.39 is 23.8 Å². The molecule has 8 nitrogen and oxygen atoms in total. The molecular weight excluding hydrogens is 328 g/mol. The van der Waals surface area contributed by atoms with E-state index in [0.717, 1.165) is 0 Å². The van der Waals surface area contributed by atoms with Crippen molar-refractivity contribution in [3.8, 4) is 0 Å². The van der Waals surface area contributed by atoms with E-state index in [1.807, 2.05) is 0 Å². The minimum absolute atomic E-state index is 0.0109. The Labute approximate surface area is 143 Å². The van der Waals surface area contributed by atoms with E-state index in [4.69, 9.17) is 8.83 Å². The number of hydrogen-bond donors (Lipinski definition) is 3. The summed E-state index contributed by atoms with van der Waals surface area (Å²) in [6, 6.07) is 5.07. The fourth-order valence-corrected chi connectivity index (χ4v) is 2.00. The van der Waals surface area contributed by atoms with E-state index in [9.17, 15) is 19.5 Å². The van der Waals surface area contributed by atoms with Gasteiger partial charge in [0.15, 0.2) is 5.76 Å². The van der Waals surface area contributed by atoms with Gasteiger partial charge in [-0.15, -0.1) is 0 Å². The number of rotatable bonds is 7. The molecular formula is C17H18N2O6. The van der Waals surface area contributed by atoms with Gasteiger partial charge in [-0.1, -0.05) is 13.8 Å². The van der Waals surface area contributed by atoms with E-state index >= 15 is 0 Å². The molecule has 0 aliphatic carbocycles. The van der Waals surface area contributed by atoms with Crippen LogP contribution in [0.3, 0.4) is 0 Å². The van der Waals surface area contributed by atoms with Crippen LogP contribution in [-0.2, 0) is 9.59 Å². The normalized spacial score (nSPS) is 12.7. The van der Waals surface area contributed by atoms with Crippen LogP contribution in [-0.4, -0.2) is 28.9 Å². The van der Waals surface area contributed by atoms with Crippen molar-refractivity contribution < 1.29 is 28.3 Å². The highest BCUT2D eigenvalue weighted by molar-refractivity contribution is 6.05. The van der Waals surface area contributed by atoms with Crippen LogP contribution in [0.25, 0.3) is 6.08 Å². The second-order valence-corrected chi connectivity index (χ2v) is 5.54. The summed E-state index contributed by atoms with van der Waals surface area (Å²) in [5.74, 6) is -2.57. The summed E-state index contributed by atoms with van der Waals surface area (Å²) in [4.78, 5) is 35.9. The first-order valence-electron chi connectivity index (χ1n) is 7.52. The molecule has 2 amide bonds. The molecule has 0 aliphatic heterocycles. The summed E-state index contributed by atoms with van der Waals surface area (Å²) < 4.78 is 10.1. The van der Waals surface area contributed by atoms with Crippen molar-refractivity contribution in [2.45, 2.75) is 19.9 Å². The van der Waals surface area contributed by atoms with Gasteiger partial charge in [-0.3, -0.25) is 9.59 Å². The van der Waals surface area contributed by atoms with Crippen LogP contribution < -0.4 is 10.6 Å². The van der Waals surface area contributed by atoms with E-state index in [1.54, 1.807) is 26.0 Å². The molecule has 2 heterocycles. The molecule has 2 aromatic heterocycles. The summed E-state index contributed by atoms with van der Waals surface area (Å²) in [7, 11) is 0. The summed E-state index contributed by atoms with van der Waals surface area (Å²) in [5.41, 5.74) is -0.164. The maximum atomic E-state index is 12.5. The zero-order valence-electron chi connectivity index (χ0n) is 13.7. The van der Waals surface area contributed by atoms with Gasteiger partial charge in [-0.05, 0) is 30.2 Å². The molecule has 1 atom stereocenters. The Morgan fingerprint density at radius 1 is 1.12 bits per heavy atom. The molecule has 0 fully saturated rings. The van der Waals surface area contributed by atoms with Crippen LogP contribution >= 0.6 is 0 Å².